The smallest absolute Gasteiger partial charge is 0.260 e. The fourth-order valence-electron chi connectivity index (χ4n) is 1.42. The summed E-state index contributed by atoms with van der Waals surface area (Å²) in [7, 11) is 1.88. The summed E-state index contributed by atoms with van der Waals surface area (Å²) in [5.41, 5.74) is 0. The summed E-state index contributed by atoms with van der Waals surface area (Å²) in [6.07, 6.45) is 0.365. The molecule has 0 aliphatic heterocycles. The predicted molar refractivity (Wildman–Crippen MR) is 73.1 cm³/mol. The molecule has 0 saturated carbocycles. The Morgan fingerprint density at radius 3 is 2.89 bits per heavy atom. The maximum Gasteiger partial charge on any atom is 0.260 e. The lowest BCUT2D eigenvalue weighted by molar-refractivity contribution is -0.127. The Kier molecular flexibility index (Phi) is 6.54. The average molecular weight is 271 g/mol. The van der Waals surface area contributed by atoms with Crippen molar-refractivity contribution in [3.05, 3.63) is 29.3 Å². The van der Waals surface area contributed by atoms with Crippen molar-refractivity contribution < 1.29 is 9.53 Å². The van der Waals surface area contributed by atoms with E-state index in [9.17, 15) is 4.79 Å². The third kappa shape index (κ3) is 5.38. The van der Waals surface area contributed by atoms with Crippen LogP contribution in [-0.2, 0) is 4.79 Å². The number of ether oxygens (including phenoxy) is 1. The molecule has 4 nitrogen and oxygen atoms in total. The SMILES string of the molecule is CNCCCNC(=O)C(C)Oc1cccc(Cl)c1. The maximum absolute atomic E-state index is 11.7. The highest BCUT2D eigenvalue weighted by Gasteiger charge is 2.13. The highest BCUT2D eigenvalue weighted by Crippen LogP contribution is 2.18. The first-order valence-corrected chi connectivity index (χ1v) is 6.36. The van der Waals surface area contributed by atoms with E-state index in [4.69, 9.17) is 16.3 Å². The van der Waals surface area contributed by atoms with Crippen LogP contribution in [0, 0.1) is 0 Å². The normalized spacial score (nSPS) is 11.9. The molecule has 18 heavy (non-hydrogen) atoms. The fraction of sp³-hybridized carbons (Fsp3) is 0.462. The number of carbonyl (C=O) groups is 1. The third-order valence-corrected chi connectivity index (χ3v) is 2.62. The Hall–Kier alpha value is -1.26. The van der Waals surface area contributed by atoms with Crippen LogP contribution in [-0.4, -0.2) is 32.1 Å². The number of benzene rings is 1. The van der Waals surface area contributed by atoms with Gasteiger partial charge in [0, 0.05) is 11.6 Å². The summed E-state index contributed by atoms with van der Waals surface area (Å²) >= 11 is 5.84. The van der Waals surface area contributed by atoms with E-state index in [2.05, 4.69) is 10.6 Å². The molecule has 0 fully saturated rings. The van der Waals surface area contributed by atoms with Crippen LogP contribution in [0.1, 0.15) is 13.3 Å². The molecule has 1 amide bonds. The lowest BCUT2D eigenvalue weighted by atomic mass is 10.3. The Bertz CT molecular complexity index is 385. The molecule has 1 aromatic carbocycles. The minimum absolute atomic E-state index is 0.119. The average Bonchev–Trinajstić information content (AvgIpc) is 2.34. The summed E-state index contributed by atoms with van der Waals surface area (Å²) in [5, 5.41) is 6.43. The van der Waals surface area contributed by atoms with Crippen molar-refractivity contribution >= 4 is 17.5 Å². The number of halogens is 1. The number of hydrogen-bond acceptors (Lipinski definition) is 3. The van der Waals surface area contributed by atoms with E-state index in [1.54, 1.807) is 31.2 Å². The van der Waals surface area contributed by atoms with Crippen LogP contribution in [0.15, 0.2) is 24.3 Å². The largest absolute Gasteiger partial charge is 0.481 e. The van der Waals surface area contributed by atoms with Gasteiger partial charge in [-0.3, -0.25) is 4.79 Å². The molecule has 5 heteroatoms. The highest BCUT2D eigenvalue weighted by atomic mass is 35.5. The second-order valence-electron chi connectivity index (χ2n) is 3.97. The standard InChI is InChI=1S/C13H19ClN2O2/c1-10(13(17)16-8-4-7-15-2)18-12-6-3-5-11(14)9-12/h3,5-6,9-10,15H,4,7-8H2,1-2H3,(H,16,17). The van der Waals surface area contributed by atoms with Crippen molar-refractivity contribution in [2.45, 2.75) is 19.4 Å². The Morgan fingerprint density at radius 2 is 2.22 bits per heavy atom. The van der Waals surface area contributed by atoms with Gasteiger partial charge in [-0.1, -0.05) is 17.7 Å². The summed E-state index contributed by atoms with van der Waals surface area (Å²) in [6.45, 7) is 3.24. The second-order valence-corrected chi connectivity index (χ2v) is 4.40. The molecule has 2 N–H and O–H groups in total. The van der Waals surface area contributed by atoms with Gasteiger partial charge in [-0.15, -0.1) is 0 Å². The van der Waals surface area contributed by atoms with Crippen LogP contribution >= 0.6 is 11.6 Å². The lowest BCUT2D eigenvalue weighted by Crippen LogP contribution is -2.37. The van der Waals surface area contributed by atoms with Gasteiger partial charge in [0.1, 0.15) is 5.75 Å². The van der Waals surface area contributed by atoms with E-state index in [1.807, 2.05) is 7.05 Å². The molecular formula is C13H19ClN2O2. The molecule has 0 radical (unpaired) electrons. The second kappa shape index (κ2) is 7.95. The zero-order chi connectivity index (χ0) is 13.4. The topological polar surface area (TPSA) is 50.4 Å². The molecule has 1 aromatic rings. The third-order valence-electron chi connectivity index (χ3n) is 2.38. The van der Waals surface area contributed by atoms with Gasteiger partial charge in [0.25, 0.3) is 5.91 Å². The summed E-state index contributed by atoms with van der Waals surface area (Å²) in [6, 6.07) is 7.01. The Balaban J connectivity index is 2.35. The van der Waals surface area contributed by atoms with Crippen LogP contribution in [0.5, 0.6) is 5.75 Å². The fourth-order valence-corrected chi connectivity index (χ4v) is 1.60. The molecule has 1 atom stereocenters. The van der Waals surface area contributed by atoms with E-state index in [1.165, 1.54) is 0 Å². The quantitative estimate of drug-likeness (QED) is 0.744. The molecule has 0 heterocycles. The number of hydrogen-bond donors (Lipinski definition) is 2. The van der Waals surface area contributed by atoms with E-state index >= 15 is 0 Å². The number of carbonyl (C=O) groups excluding carboxylic acids is 1. The van der Waals surface area contributed by atoms with Crippen molar-refractivity contribution in [1.82, 2.24) is 10.6 Å². The minimum atomic E-state index is -0.530. The lowest BCUT2D eigenvalue weighted by Gasteiger charge is -2.14. The molecule has 100 valence electrons. The van der Waals surface area contributed by atoms with Gasteiger partial charge in [-0.05, 0) is 45.1 Å². The molecule has 1 unspecified atom stereocenters. The highest BCUT2D eigenvalue weighted by molar-refractivity contribution is 6.30. The Labute approximate surface area is 113 Å². The molecule has 0 aromatic heterocycles. The molecule has 0 saturated heterocycles. The van der Waals surface area contributed by atoms with Crippen molar-refractivity contribution in [2.24, 2.45) is 0 Å². The molecule has 0 spiro atoms. The van der Waals surface area contributed by atoms with E-state index in [0.717, 1.165) is 13.0 Å². The number of rotatable bonds is 7. The van der Waals surface area contributed by atoms with Gasteiger partial charge in [-0.2, -0.15) is 0 Å². The maximum atomic E-state index is 11.7. The summed E-state index contributed by atoms with van der Waals surface area (Å²) in [4.78, 5) is 11.7. The molecule has 0 bridgehead atoms. The van der Waals surface area contributed by atoms with E-state index in [0.29, 0.717) is 17.3 Å². The summed E-state index contributed by atoms with van der Waals surface area (Å²) in [5.74, 6) is 0.478. The molecule has 0 aliphatic carbocycles. The van der Waals surface area contributed by atoms with Crippen LogP contribution < -0.4 is 15.4 Å². The first-order chi connectivity index (χ1) is 8.63. The van der Waals surface area contributed by atoms with Gasteiger partial charge in [0.05, 0.1) is 0 Å². The van der Waals surface area contributed by atoms with Crippen molar-refractivity contribution in [3.63, 3.8) is 0 Å². The number of nitrogens with one attached hydrogen (secondary N) is 2. The van der Waals surface area contributed by atoms with Gasteiger partial charge >= 0.3 is 0 Å². The zero-order valence-electron chi connectivity index (χ0n) is 10.7. The summed E-state index contributed by atoms with van der Waals surface area (Å²) < 4.78 is 5.50. The predicted octanol–water partition coefficient (Wildman–Crippen LogP) is 1.83. The number of amides is 1. The van der Waals surface area contributed by atoms with Crippen LogP contribution in [0.3, 0.4) is 0 Å². The van der Waals surface area contributed by atoms with Crippen molar-refractivity contribution in [3.8, 4) is 5.75 Å². The Morgan fingerprint density at radius 1 is 1.44 bits per heavy atom. The van der Waals surface area contributed by atoms with Crippen molar-refractivity contribution in [1.29, 1.82) is 0 Å². The van der Waals surface area contributed by atoms with Crippen LogP contribution in [0.2, 0.25) is 5.02 Å². The van der Waals surface area contributed by atoms with Gasteiger partial charge < -0.3 is 15.4 Å². The minimum Gasteiger partial charge on any atom is -0.481 e. The molecule has 1 rings (SSSR count). The molecule has 0 aliphatic rings. The van der Waals surface area contributed by atoms with Gasteiger partial charge in [-0.25, -0.2) is 0 Å². The van der Waals surface area contributed by atoms with Crippen molar-refractivity contribution in [2.75, 3.05) is 20.1 Å². The van der Waals surface area contributed by atoms with Gasteiger partial charge in [0.2, 0.25) is 0 Å². The van der Waals surface area contributed by atoms with Crippen LogP contribution in [0.4, 0.5) is 0 Å². The molecular weight excluding hydrogens is 252 g/mol. The first-order valence-electron chi connectivity index (χ1n) is 5.98. The monoisotopic (exact) mass is 270 g/mol. The van der Waals surface area contributed by atoms with E-state index < -0.39 is 6.10 Å². The first kappa shape index (κ1) is 14.8. The van der Waals surface area contributed by atoms with Crippen LogP contribution in [0.25, 0.3) is 0 Å². The van der Waals surface area contributed by atoms with E-state index in [-0.39, 0.29) is 5.91 Å². The van der Waals surface area contributed by atoms with Gasteiger partial charge in [0.15, 0.2) is 6.10 Å². The zero-order valence-corrected chi connectivity index (χ0v) is 11.5.